The molecule has 0 saturated heterocycles. The van der Waals surface area contributed by atoms with Crippen LogP contribution in [0.15, 0.2) is 10.5 Å². The van der Waals surface area contributed by atoms with Crippen LogP contribution < -0.4 is 4.74 Å². The van der Waals surface area contributed by atoms with Gasteiger partial charge in [-0.15, -0.1) is 0 Å². The number of furan rings is 1. The third-order valence-corrected chi connectivity index (χ3v) is 1.99. The number of carbonyl (C=O) groups is 1. The summed E-state index contributed by atoms with van der Waals surface area (Å²) in [4.78, 5) is 10.9. The third kappa shape index (κ3) is 0.312. The summed E-state index contributed by atoms with van der Waals surface area (Å²) in [7, 11) is 0. The Hall–Kier alpha value is -1.25. The summed E-state index contributed by atoms with van der Waals surface area (Å²) in [5, 5.41) is 0. The van der Waals surface area contributed by atoms with Crippen molar-refractivity contribution >= 4 is 5.97 Å². The number of ether oxygens (including phenoxy) is 1. The van der Waals surface area contributed by atoms with Gasteiger partial charge in [-0.3, -0.25) is 4.79 Å². The second kappa shape index (κ2) is 1.12. The molecule has 0 radical (unpaired) electrons. The van der Waals surface area contributed by atoms with Gasteiger partial charge < -0.3 is 9.15 Å². The second-order valence-electron chi connectivity index (χ2n) is 2.62. The molecule has 2 aliphatic rings. The van der Waals surface area contributed by atoms with Crippen LogP contribution in [-0.4, -0.2) is 5.97 Å². The molecule has 3 heterocycles. The number of hydrogen-bond donors (Lipinski definition) is 0. The largest absolute Gasteiger partial charge is 0.461 e. The average Bonchev–Trinajstić information content (AvgIpc) is 2.44. The van der Waals surface area contributed by atoms with Crippen molar-refractivity contribution in [2.24, 2.45) is 0 Å². The van der Waals surface area contributed by atoms with Gasteiger partial charge in [0.1, 0.15) is 11.7 Å². The molecule has 3 nitrogen and oxygen atoms in total. The Kier molecular flexibility index (Phi) is 0.510. The van der Waals surface area contributed by atoms with E-state index in [4.69, 9.17) is 9.15 Å². The van der Waals surface area contributed by atoms with E-state index in [-0.39, 0.29) is 11.9 Å². The summed E-state index contributed by atoms with van der Waals surface area (Å²) in [5.74, 6) is 1.99. The van der Waals surface area contributed by atoms with E-state index in [0.29, 0.717) is 12.2 Å². The SMILES string of the molecule is O=C1Oc2cc3oc2C1C3. The first-order chi connectivity index (χ1) is 4.84. The van der Waals surface area contributed by atoms with Gasteiger partial charge in [-0.25, -0.2) is 0 Å². The number of carbonyl (C=O) groups excluding carboxylic acids is 1. The molecule has 2 bridgehead atoms. The van der Waals surface area contributed by atoms with Crippen molar-refractivity contribution in [2.75, 3.05) is 0 Å². The molecule has 1 aromatic heterocycles. The maximum Gasteiger partial charge on any atom is 0.322 e. The summed E-state index contributed by atoms with van der Waals surface area (Å²) in [6, 6.07) is 1.79. The summed E-state index contributed by atoms with van der Waals surface area (Å²) >= 11 is 0. The van der Waals surface area contributed by atoms with Gasteiger partial charge in [-0.2, -0.15) is 0 Å². The van der Waals surface area contributed by atoms with Crippen LogP contribution in [0.1, 0.15) is 17.4 Å². The number of fused-ring (bicyclic) bond motifs is 1. The molecule has 0 saturated carbocycles. The highest BCUT2D eigenvalue weighted by molar-refractivity contribution is 5.86. The van der Waals surface area contributed by atoms with E-state index < -0.39 is 0 Å². The molecular formula is C7H4O3. The zero-order valence-electron chi connectivity index (χ0n) is 5.09. The van der Waals surface area contributed by atoms with Crippen molar-refractivity contribution in [3.63, 3.8) is 0 Å². The van der Waals surface area contributed by atoms with Gasteiger partial charge in [0.2, 0.25) is 0 Å². The van der Waals surface area contributed by atoms with Crippen LogP contribution in [0.4, 0.5) is 0 Å². The molecule has 3 heteroatoms. The molecular weight excluding hydrogens is 132 g/mol. The first-order valence-corrected chi connectivity index (χ1v) is 3.19. The van der Waals surface area contributed by atoms with Gasteiger partial charge in [0, 0.05) is 12.5 Å². The second-order valence-corrected chi connectivity index (χ2v) is 2.62. The molecule has 0 spiro atoms. The lowest BCUT2D eigenvalue weighted by Gasteiger charge is -1.91. The van der Waals surface area contributed by atoms with E-state index in [1.807, 2.05) is 0 Å². The fourth-order valence-corrected chi connectivity index (χ4v) is 1.53. The fraction of sp³-hybridized carbons (Fsp3) is 0.286. The van der Waals surface area contributed by atoms with Crippen molar-refractivity contribution in [1.82, 2.24) is 0 Å². The van der Waals surface area contributed by atoms with Crippen molar-refractivity contribution in [1.29, 1.82) is 0 Å². The van der Waals surface area contributed by atoms with E-state index in [1.54, 1.807) is 6.07 Å². The predicted molar refractivity (Wildman–Crippen MR) is 30.8 cm³/mol. The fourth-order valence-electron chi connectivity index (χ4n) is 1.53. The quantitative estimate of drug-likeness (QED) is 0.496. The summed E-state index contributed by atoms with van der Waals surface area (Å²) in [5.41, 5.74) is 0. The lowest BCUT2D eigenvalue weighted by molar-refractivity contribution is -0.133. The van der Waals surface area contributed by atoms with Gasteiger partial charge in [0.15, 0.2) is 11.5 Å². The number of esters is 1. The average molecular weight is 136 g/mol. The topological polar surface area (TPSA) is 39.4 Å². The molecule has 50 valence electrons. The van der Waals surface area contributed by atoms with Gasteiger partial charge in [-0.05, 0) is 0 Å². The van der Waals surface area contributed by atoms with Crippen molar-refractivity contribution in [3.05, 3.63) is 17.6 Å². The van der Waals surface area contributed by atoms with Gasteiger partial charge in [-0.1, -0.05) is 0 Å². The maximum atomic E-state index is 10.9. The molecule has 0 N–H and O–H groups in total. The molecule has 0 aliphatic carbocycles. The molecule has 1 atom stereocenters. The first-order valence-electron chi connectivity index (χ1n) is 3.19. The van der Waals surface area contributed by atoms with Crippen LogP contribution in [0.2, 0.25) is 0 Å². The van der Waals surface area contributed by atoms with E-state index >= 15 is 0 Å². The number of hydrogen-bond acceptors (Lipinski definition) is 3. The van der Waals surface area contributed by atoms with E-state index in [1.165, 1.54) is 0 Å². The third-order valence-electron chi connectivity index (χ3n) is 1.99. The minimum Gasteiger partial charge on any atom is -0.461 e. The van der Waals surface area contributed by atoms with Crippen LogP contribution >= 0.6 is 0 Å². The molecule has 1 aromatic rings. The van der Waals surface area contributed by atoms with E-state index in [0.717, 1.165) is 11.5 Å². The van der Waals surface area contributed by atoms with Crippen LogP contribution in [0, 0.1) is 0 Å². The Labute approximate surface area is 56.6 Å². The van der Waals surface area contributed by atoms with E-state index in [9.17, 15) is 4.79 Å². The van der Waals surface area contributed by atoms with Crippen LogP contribution in [0.3, 0.4) is 0 Å². The lowest BCUT2D eigenvalue weighted by Crippen LogP contribution is -2.08. The highest BCUT2D eigenvalue weighted by atomic mass is 16.6. The minimum atomic E-state index is -0.159. The van der Waals surface area contributed by atoms with Crippen molar-refractivity contribution in [2.45, 2.75) is 12.3 Å². The maximum absolute atomic E-state index is 10.9. The predicted octanol–water partition coefficient (Wildman–Crippen LogP) is 0.838. The Morgan fingerprint density at radius 3 is 3.10 bits per heavy atom. The smallest absolute Gasteiger partial charge is 0.322 e. The summed E-state index contributed by atoms with van der Waals surface area (Å²) in [6.45, 7) is 0. The zero-order chi connectivity index (χ0) is 6.72. The molecule has 1 unspecified atom stereocenters. The molecule has 10 heavy (non-hydrogen) atoms. The highest BCUT2D eigenvalue weighted by Gasteiger charge is 2.43. The zero-order valence-corrected chi connectivity index (χ0v) is 5.09. The first kappa shape index (κ1) is 4.55. The molecule has 0 amide bonds. The highest BCUT2D eigenvalue weighted by Crippen LogP contribution is 2.45. The Morgan fingerprint density at radius 1 is 1.60 bits per heavy atom. The minimum absolute atomic E-state index is 0.102. The van der Waals surface area contributed by atoms with Gasteiger partial charge in [0.05, 0.1) is 0 Å². The van der Waals surface area contributed by atoms with Gasteiger partial charge >= 0.3 is 5.97 Å². The molecule has 0 fully saturated rings. The summed E-state index contributed by atoms with van der Waals surface area (Å²) in [6.07, 6.45) is 0.706. The Morgan fingerprint density at radius 2 is 2.50 bits per heavy atom. The molecule has 2 aliphatic heterocycles. The normalized spacial score (nSPS) is 25.6. The van der Waals surface area contributed by atoms with Gasteiger partial charge in [0.25, 0.3) is 0 Å². The Balaban J connectivity index is 2.35. The molecule has 3 rings (SSSR count). The van der Waals surface area contributed by atoms with Crippen molar-refractivity contribution in [3.8, 4) is 5.75 Å². The van der Waals surface area contributed by atoms with Crippen molar-refractivity contribution < 1.29 is 13.9 Å². The molecule has 0 aromatic carbocycles. The van der Waals surface area contributed by atoms with Crippen LogP contribution in [0.5, 0.6) is 5.75 Å². The van der Waals surface area contributed by atoms with Crippen LogP contribution in [0.25, 0.3) is 0 Å². The Bertz CT molecular complexity index is 320. The van der Waals surface area contributed by atoms with E-state index in [2.05, 4.69) is 0 Å². The lowest BCUT2D eigenvalue weighted by atomic mass is 10.0. The summed E-state index contributed by atoms with van der Waals surface area (Å²) < 4.78 is 10.1. The standard InChI is InChI=1S/C7H4O3/c8-7-4-1-3-2-5(10-7)6(4)9-3/h2,4H,1H2. The number of rotatable bonds is 0. The monoisotopic (exact) mass is 136 g/mol. The van der Waals surface area contributed by atoms with Crippen LogP contribution in [-0.2, 0) is 11.2 Å².